The number of likely N-dealkylation sites (tertiary alicyclic amines) is 1. The number of unbranched alkanes of at least 4 members (excludes halogenated alkanes) is 1. The van der Waals surface area contributed by atoms with Crippen LogP contribution < -0.4 is 0 Å². The highest BCUT2D eigenvalue weighted by atomic mass is 16.3. The molecule has 132 valence electrons. The van der Waals surface area contributed by atoms with Crippen LogP contribution in [0.15, 0.2) is 48.5 Å². The molecular formula is C22H21NO3. The fourth-order valence-electron chi connectivity index (χ4n) is 5.34. The minimum atomic E-state index is -0.286. The van der Waals surface area contributed by atoms with Gasteiger partial charge in [0.25, 0.3) is 0 Å². The van der Waals surface area contributed by atoms with Crippen LogP contribution in [0.4, 0.5) is 0 Å². The lowest BCUT2D eigenvalue weighted by Crippen LogP contribution is -2.41. The van der Waals surface area contributed by atoms with E-state index in [1.165, 1.54) is 27.2 Å². The van der Waals surface area contributed by atoms with Crippen molar-refractivity contribution in [2.45, 2.75) is 24.7 Å². The Labute approximate surface area is 152 Å². The van der Waals surface area contributed by atoms with Gasteiger partial charge >= 0.3 is 0 Å². The molecule has 2 amide bonds. The molecule has 1 heterocycles. The highest BCUT2D eigenvalue weighted by Gasteiger charge is 2.61. The number of amides is 2. The molecular weight excluding hydrogens is 326 g/mol. The second-order valence-electron chi connectivity index (χ2n) is 7.52. The average molecular weight is 347 g/mol. The zero-order valence-electron chi connectivity index (χ0n) is 14.5. The molecule has 0 aromatic heterocycles. The average Bonchev–Trinajstić information content (AvgIpc) is 2.93. The fraction of sp³-hybridized carbons (Fsp3) is 0.364. The lowest BCUT2D eigenvalue weighted by atomic mass is 9.55. The van der Waals surface area contributed by atoms with E-state index in [2.05, 4.69) is 24.3 Å². The van der Waals surface area contributed by atoms with Crippen molar-refractivity contribution < 1.29 is 14.7 Å². The van der Waals surface area contributed by atoms with Gasteiger partial charge in [-0.2, -0.15) is 0 Å². The van der Waals surface area contributed by atoms with Gasteiger partial charge in [0.1, 0.15) is 0 Å². The van der Waals surface area contributed by atoms with Crippen LogP contribution in [0, 0.1) is 11.8 Å². The molecule has 2 atom stereocenters. The van der Waals surface area contributed by atoms with Crippen molar-refractivity contribution in [3.8, 4) is 0 Å². The first kappa shape index (κ1) is 15.8. The normalized spacial score (nSPS) is 28.1. The summed E-state index contributed by atoms with van der Waals surface area (Å²) < 4.78 is 0. The molecule has 4 heteroatoms. The molecule has 0 unspecified atom stereocenters. The first-order valence-corrected chi connectivity index (χ1v) is 9.37. The zero-order valence-corrected chi connectivity index (χ0v) is 14.5. The van der Waals surface area contributed by atoms with Gasteiger partial charge < -0.3 is 5.11 Å². The van der Waals surface area contributed by atoms with Crippen LogP contribution in [-0.4, -0.2) is 35.0 Å². The number of carbonyl (C=O) groups is 2. The Balaban J connectivity index is 1.64. The number of aliphatic hydroxyl groups is 1. The first-order valence-electron chi connectivity index (χ1n) is 9.37. The lowest BCUT2D eigenvalue weighted by Gasteiger charge is -2.45. The predicted molar refractivity (Wildman–Crippen MR) is 96.6 cm³/mol. The number of hydrogen-bond acceptors (Lipinski definition) is 3. The molecule has 6 rings (SSSR count). The molecule has 1 aliphatic heterocycles. The summed E-state index contributed by atoms with van der Waals surface area (Å²) in [4.78, 5) is 27.9. The summed E-state index contributed by atoms with van der Waals surface area (Å²) in [7, 11) is 0. The maximum absolute atomic E-state index is 13.2. The molecule has 1 N–H and O–H groups in total. The third-order valence-corrected chi connectivity index (χ3v) is 6.33. The summed E-state index contributed by atoms with van der Waals surface area (Å²) in [6.07, 6.45) is 1.27. The Morgan fingerprint density at radius 1 is 0.731 bits per heavy atom. The number of aliphatic hydroxyl groups excluding tert-OH is 1. The van der Waals surface area contributed by atoms with Crippen LogP contribution >= 0.6 is 0 Å². The van der Waals surface area contributed by atoms with Crippen molar-refractivity contribution in [2.75, 3.05) is 13.2 Å². The van der Waals surface area contributed by atoms with Crippen LogP contribution in [0.2, 0.25) is 0 Å². The second-order valence-corrected chi connectivity index (χ2v) is 7.52. The van der Waals surface area contributed by atoms with E-state index in [1.54, 1.807) is 0 Å². The smallest absolute Gasteiger partial charge is 0.234 e. The maximum atomic E-state index is 13.2. The van der Waals surface area contributed by atoms with Crippen LogP contribution in [0.25, 0.3) is 0 Å². The summed E-state index contributed by atoms with van der Waals surface area (Å²) in [6.45, 7) is 0.503. The van der Waals surface area contributed by atoms with Crippen molar-refractivity contribution in [3.63, 3.8) is 0 Å². The molecule has 4 nitrogen and oxygen atoms in total. The number of nitrogens with zero attached hydrogens (tertiary/aromatic N) is 1. The van der Waals surface area contributed by atoms with E-state index in [1.807, 2.05) is 24.3 Å². The van der Waals surface area contributed by atoms with Gasteiger partial charge in [-0.1, -0.05) is 48.5 Å². The highest BCUT2D eigenvalue weighted by molar-refractivity contribution is 6.07. The number of carbonyl (C=O) groups excluding carboxylic acids is 2. The highest BCUT2D eigenvalue weighted by Crippen LogP contribution is 2.60. The molecule has 1 fully saturated rings. The van der Waals surface area contributed by atoms with E-state index in [-0.39, 0.29) is 42.1 Å². The fourth-order valence-corrected chi connectivity index (χ4v) is 5.34. The summed E-state index contributed by atoms with van der Waals surface area (Å²) in [5, 5.41) is 9.02. The van der Waals surface area contributed by atoms with Crippen LogP contribution in [0.3, 0.4) is 0 Å². The van der Waals surface area contributed by atoms with E-state index in [0.29, 0.717) is 19.4 Å². The van der Waals surface area contributed by atoms with Crippen molar-refractivity contribution in [1.29, 1.82) is 0 Å². The van der Waals surface area contributed by atoms with Crippen LogP contribution in [0.5, 0.6) is 0 Å². The lowest BCUT2D eigenvalue weighted by molar-refractivity contribution is -0.140. The molecule has 0 radical (unpaired) electrons. The minimum absolute atomic E-state index is 0.0306. The van der Waals surface area contributed by atoms with Gasteiger partial charge in [-0.3, -0.25) is 14.5 Å². The Hall–Kier alpha value is -2.46. The first-order chi connectivity index (χ1) is 12.7. The summed E-state index contributed by atoms with van der Waals surface area (Å²) in [5.41, 5.74) is 4.82. The Morgan fingerprint density at radius 2 is 1.15 bits per heavy atom. The SMILES string of the molecule is O=C1[C@H]2C3c4ccccc4C(c4ccccc43)[C@@H]2C(=O)N1CCCCO. The molecule has 2 bridgehead atoms. The van der Waals surface area contributed by atoms with Gasteiger partial charge in [0, 0.05) is 25.0 Å². The zero-order chi connectivity index (χ0) is 17.8. The Kier molecular flexibility index (Phi) is 3.50. The van der Waals surface area contributed by atoms with Crippen molar-refractivity contribution >= 4 is 11.8 Å². The largest absolute Gasteiger partial charge is 0.396 e. The summed E-state index contributed by atoms with van der Waals surface area (Å²) in [5.74, 6) is -0.694. The monoisotopic (exact) mass is 347 g/mol. The number of benzene rings is 2. The third kappa shape index (κ3) is 1.93. The van der Waals surface area contributed by atoms with E-state index in [4.69, 9.17) is 5.11 Å². The molecule has 2 aromatic carbocycles. The van der Waals surface area contributed by atoms with Gasteiger partial charge in [0.05, 0.1) is 11.8 Å². The number of hydrogen-bond donors (Lipinski definition) is 1. The maximum Gasteiger partial charge on any atom is 0.234 e. The van der Waals surface area contributed by atoms with Gasteiger partial charge in [0.15, 0.2) is 0 Å². The van der Waals surface area contributed by atoms with Crippen molar-refractivity contribution in [1.82, 2.24) is 4.90 Å². The molecule has 3 aliphatic carbocycles. The number of rotatable bonds is 4. The van der Waals surface area contributed by atoms with Crippen molar-refractivity contribution in [3.05, 3.63) is 70.8 Å². The van der Waals surface area contributed by atoms with Crippen molar-refractivity contribution in [2.24, 2.45) is 11.8 Å². The summed E-state index contributed by atoms with van der Waals surface area (Å²) >= 11 is 0. The molecule has 2 aromatic rings. The Bertz CT molecular complexity index is 790. The predicted octanol–water partition coefficient (Wildman–Crippen LogP) is 2.65. The standard InChI is InChI=1S/C22H21NO3/c24-12-6-5-11-23-21(25)19-17-13-7-1-2-8-14(13)18(20(19)22(23)26)16-10-4-3-9-15(16)17/h1-4,7-10,17-20,24H,5-6,11-12H2/t17?,18?,19-,20-/m0/s1. The van der Waals surface area contributed by atoms with Crippen LogP contribution in [0.1, 0.15) is 46.9 Å². The Morgan fingerprint density at radius 3 is 1.54 bits per heavy atom. The minimum Gasteiger partial charge on any atom is -0.396 e. The van der Waals surface area contributed by atoms with E-state index < -0.39 is 0 Å². The molecule has 26 heavy (non-hydrogen) atoms. The van der Waals surface area contributed by atoms with Gasteiger partial charge in [-0.05, 0) is 35.1 Å². The molecule has 4 aliphatic rings. The third-order valence-electron chi connectivity index (χ3n) is 6.33. The molecule has 0 saturated carbocycles. The van der Waals surface area contributed by atoms with Crippen LogP contribution in [-0.2, 0) is 9.59 Å². The topological polar surface area (TPSA) is 57.6 Å². The molecule has 1 saturated heterocycles. The van der Waals surface area contributed by atoms with E-state index >= 15 is 0 Å². The van der Waals surface area contributed by atoms with E-state index in [0.717, 1.165) is 0 Å². The summed E-state index contributed by atoms with van der Waals surface area (Å²) in [6, 6.07) is 16.6. The van der Waals surface area contributed by atoms with Gasteiger partial charge in [0.2, 0.25) is 11.8 Å². The van der Waals surface area contributed by atoms with Gasteiger partial charge in [-0.15, -0.1) is 0 Å². The second kappa shape index (κ2) is 5.78. The van der Waals surface area contributed by atoms with Gasteiger partial charge in [-0.25, -0.2) is 0 Å². The molecule has 0 spiro atoms. The van der Waals surface area contributed by atoms with E-state index in [9.17, 15) is 9.59 Å². The number of imide groups is 1. The quantitative estimate of drug-likeness (QED) is 0.683.